The quantitative estimate of drug-likeness (QED) is 0.0591. The summed E-state index contributed by atoms with van der Waals surface area (Å²) in [5.74, 6) is 0. The van der Waals surface area contributed by atoms with Crippen LogP contribution in [0.2, 0.25) is 0 Å². The zero-order valence-electron chi connectivity index (χ0n) is 40.4. The van der Waals surface area contributed by atoms with Gasteiger partial charge in [-0.05, 0) is 38.9 Å². The number of hydrogen-bond donors (Lipinski definition) is 1. The SMILES string of the molecule is O[C@@H]1C(COCc2ccccc2)O[C@H](O[C@H]2OC(COCc3ccccc3)[C@@H](OCc3ccccc3)C(OCc3ccccc3)C2OCc2ccccc2)C(OCc2ccccc2)C1OCc1ccccc1. The highest BCUT2D eigenvalue weighted by atomic mass is 16.8. The zero-order chi connectivity index (χ0) is 49.0. The van der Waals surface area contributed by atoms with Gasteiger partial charge in [-0.25, -0.2) is 0 Å². The van der Waals surface area contributed by atoms with Crippen molar-refractivity contribution in [3.8, 4) is 0 Å². The molecule has 0 aromatic heterocycles. The smallest absolute Gasteiger partial charge is 0.190 e. The molecule has 2 aliphatic rings. The van der Waals surface area contributed by atoms with Crippen molar-refractivity contribution in [2.75, 3.05) is 13.2 Å². The molecule has 0 aliphatic carbocycles. The van der Waals surface area contributed by atoms with E-state index in [1.165, 1.54) is 0 Å². The summed E-state index contributed by atoms with van der Waals surface area (Å²) in [4.78, 5) is 0. The highest BCUT2D eigenvalue weighted by Gasteiger charge is 2.54. The Kier molecular flexibility index (Phi) is 19.3. The number of benzene rings is 7. The number of hydrogen-bond acceptors (Lipinski definition) is 11. The first-order chi connectivity index (χ1) is 35.6. The van der Waals surface area contributed by atoms with Crippen LogP contribution in [0.5, 0.6) is 0 Å². The van der Waals surface area contributed by atoms with Crippen LogP contribution < -0.4 is 0 Å². The van der Waals surface area contributed by atoms with Gasteiger partial charge in [0.05, 0.1) is 59.5 Å². The minimum absolute atomic E-state index is 0.0279. The molecule has 2 heterocycles. The van der Waals surface area contributed by atoms with Gasteiger partial charge in [0.1, 0.15) is 48.8 Å². The van der Waals surface area contributed by atoms with Crippen molar-refractivity contribution in [3.05, 3.63) is 251 Å². The Bertz CT molecular complexity index is 2550. The zero-order valence-corrected chi connectivity index (χ0v) is 40.4. The van der Waals surface area contributed by atoms with E-state index in [0.29, 0.717) is 13.2 Å². The molecule has 1 N–H and O–H groups in total. The molecule has 6 unspecified atom stereocenters. The minimum Gasteiger partial charge on any atom is -0.387 e. The molecule has 2 aliphatic heterocycles. The summed E-state index contributed by atoms with van der Waals surface area (Å²) < 4.78 is 68.5. The molecule has 11 nitrogen and oxygen atoms in total. The Morgan fingerprint density at radius 3 is 0.917 bits per heavy atom. The normalized spacial score (nSPS) is 24.2. The Morgan fingerprint density at radius 1 is 0.292 bits per heavy atom. The van der Waals surface area contributed by atoms with E-state index in [1.807, 2.05) is 212 Å². The van der Waals surface area contributed by atoms with Crippen LogP contribution in [-0.2, 0) is 93.6 Å². The molecule has 0 saturated carbocycles. The van der Waals surface area contributed by atoms with Crippen molar-refractivity contribution in [1.29, 1.82) is 0 Å². The van der Waals surface area contributed by atoms with Crippen molar-refractivity contribution in [1.82, 2.24) is 0 Å². The maximum absolute atomic E-state index is 12.3. The summed E-state index contributed by atoms with van der Waals surface area (Å²) in [6.07, 6.45) is -9.44. The second-order valence-electron chi connectivity index (χ2n) is 18.0. The average Bonchev–Trinajstić information content (AvgIpc) is 3.43. The molecule has 0 radical (unpaired) electrons. The third kappa shape index (κ3) is 14.8. The summed E-state index contributed by atoms with van der Waals surface area (Å²) in [5.41, 5.74) is 6.74. The molecule has 9 rings (SSSR count). The lowest BCUT2D eigenvalue weighted by atomic mass is 9.96. The van der Waals surface area contributed by atoms with Gasteiger partial charge in [0.25, 0.3) is 0 Å². The Morgan fingerprint density at radius 2 is 0.556 bits per heavy atom. The van der Waals surface area contributed by atoms with Crippen LogP contribution >= 0.6 is 0 Å². The van der Waals surface area contributed by atoms with E-state index in [-0.39, 0.29) is 46.2 Å². The van der Waals surface area contributed by atoms with Crippen LogP contribution in [0.4, 0.5) is 0 Å². The molecular formula is C61H64O11. The van der Waals surface area contributed by atoms with E-state index in [2.05, 4.69) is 0 Å². The maximum Gasteiger partial charge on any atom is 0.190 e. The summed E-state index contributed by atoms with van der Waals surface area (Å²) in [6.45, 7) is 1.89. The van der Waals surface area contributed by atoms with E-state index in [1.54, 1.807) is 0 Å². The van der Waals surface area contributed by atoms with Gasteiger partial charge >= 0.3 is 0 Å². The predicted molar refractivity (Wildman–Crippen MR) is 272 cm³/mol. The van der Waals surface area contributed by atoms with Crippen molar-refractivity contribution in [2.45, 2.75) is 108 Å². The molecule has 0 spiro atoms. The van der Waals surface area contributed by atoms with Crippen LogP contribution in [0.3, 0.4) is 0 Å². The Balaban J connectivity index is 1.08. The van der Waals surface area contributed by atoms with E-state index >= 15 is 0 Å². The predicted octanol–water partition coefficient (Wildman–Crippen LogP) is 10.2. The molecule has 10 atom stereocenters. The average molecular weight is 973 g/mol. The molecule has 374 valence electrons. The summed E-state index contributed by atoms with van der Waals surface area (Å²) in [7, 11) is 0. The van der Waals surface area contributed by atoms with Gasteiger partial charge in [-0.2, -0.15) is 0 Å². The van der Waals surface area contributed by atoms with Gasteiger partial charge in [-0.3, -0.25) is 0 Å². The van der Waals surface area contributed by atoms with E-state index in [4.69, 9.17) is 47.4 Å². The van der Waals surface area contributed by atoms with E-state index < -0.39 is 61.4 Å². The van der Waals surface area contributed by atoms with Gasteiger partial charge in [0, 0.05) is 0 Å². The van der Waals surface area contributed by atoms with Crippen LogP contribution in [0, 0.1) is 0 Å². The largest absolute Gasteiger partial charge is 0.387 e. The lowest BCUT2D eigenvalue weighted by Gasteiger charge is -2.49. The maximum atomic E-state index is 12.3. The van der Waals surface area contributed by atoms with Crippen LogP contribution in [-0.4, -0.2) is 79.7 Å². The fourth-order valence-electron chi connectivity index (χ4n) is 8.89. The van der Waals surface area contributed by atoms with Gasteiger partial charge in [0.15, 0.2) is 12.6 Å². The van der Waals surface area contributed by atoms with Gasteiger partial charge in [-0.15, -0.1) is 0 Å². The van der Waals surface area contributed by atoms with Crippen LogP contribution in [0.1, 0.15) is 38.9 Å². The number of ether oxygens (including phenoxy) is 10. The molecule has 7 aromatic rings. The minimum atomic E-state index is -1.18. The standard InChI is InChI=1S/C61H64O11/c62-54-52(43-63-36-45-22-8-1-9-23-45)70-60(58(68-41-50-32-18-6-19-33-50)56(54)66-39-48-28-14-4-15-29-48)72-61-59(69-42-51-34-20-7-21-35-51)57(67-40-49-30-16-5-17-31-49)55(65-38-47-26-12-3-13-27-47)53(71-61)44-64-37-46-24-10-2-11-25-46/h1-35,52-62H,36-44H2/t52?,53?,54-,55-,56?,57?,58?,59?,60-,61-/m1/s1. The Hall–Kier alpha value is -5.90. The van der Waals surface area contributed by atoms with Gasteiger partial charge < -0.3 is 52.5 Å². The lowest BCUT2D eigenvalue weighted by Crippen LogP contribution is -2.65. The monoisotopic (exact) mass is 972 g/mol. The molecule has 7 aromatic carbocycles. The van der Waals surface area contributed by atoms with Crippen molar-refractivity contribution in [2.24, 2.45) is 0 Å². The number of rotatable bonds is 25. The molecule has 11 heteroatoms. The number of aliphatic hydroxyl groups is 1. The second kappa shape index (κ2) is 27.2. The highest BCUT2D eigenvalue weighted by Crippen LogP contribution is 2.36. The summed E-state index contributed by atoms with van der Waals surface area (Å²) in [6, 6.07) is 69.5. The first-order valence-electron chi connectivity index (χ1n) is 24.8. The first-order valence-corrected chi connectivity index (χ1v) is 24.8. The second-order valence-corrected chi connectivity index (χ2v) is 18.0. The molecule has 0 bridgehead atoms. The van der Waals surface area contributed by atoms with Gasteiger partial charge in [0.2, 0.25) is 0 Å². The van der Waals surface area contributed by atoms with Crippen molar-refractivity contribution < 1.29 is 52.5 Å². The van der Waals surface area contributed by atoms with E-state index in [0.717, 1.165) is 38.9 Å². The highest BCUT2D eigenvalue weighted by molar-refractivity contribution is 5.19. The van der Waals surface area contributed by atoms with Gasteiger partial charge in [-0.1, -0.05) is 212 Å². The topological polar surface area (TPSA) is 113 Å². The van der Waals surface area contributed by atoms with Crippen LogP contribution in [0.15, 0.2) is 212 Å². The number of aliphatic hydroxyl groups excluding tert-OH is 1. The summed E-state index contributed by atoms with van der Waals surface area (Å²) >= 11 is 0. The molecule has 2 fully saturated rings. The third-order valence-corrected chi connectivity index (χ3v) is 12.7. The first kappa shape index (κ1) is 51.0. The lowest BCUT2D eigenvalue weighted by molar-refractivity contribution is -0.392. The molecule has 2 saturated heterocycles. The summed E-state index contributed by atoms with van der Waals surface area (Å²) in [5, 5.41) is 12.3. The van der Waals surface area contributed by atoms with Crippen LogP contribution in [0.25, 0.3) is 0 Å². The molecule has 0 amide bonds. The van der Waals surface area contributed by atoms with E-state index in [9.17, 15) is 5.11 Å². The Labute approximate surface area is 423 Å². The fraction of sp³-hybridized carbons (Fsp3) is 0.311. The fourth-order valence-corrected chi connectivity index (χ4v) is 8.89. The molecule has 72 heavy (non-hydrogen) atoms. The third-order valence-electron chi connectivity index (χ3n) is 12.7. The van der Waals surface area contributed by atoms with Crippen molar-refractivity contribution in [3.63, 3.8) is 0 Å². The molecular weight excluding hydrogens is 909 g/mol. The van der Waals surface area contributed by atoms with Crippen molar-refractivity contribution >= 4 is 0 Å².